The molecule has 19 heavy (non-hydrogen) atoms. The van der Waals surface area contributed by atoms with Gasteiger partial charge in [-0.25, -0.2) is 4.79 Å². The first kappa shape index (κ1) is 15.5. The third kappa shape index (κ3) is 4.24. The van der Waals surface area contributed by atoms with Crippen molar-refractivity contribution in [3.63, 3.8) is 0 Å². The molecule has 0 radical (unpaired) electrons. The van der Waals surface area contributed by atoms with Crippen LogP contribution >= 0.6 is 0 Å². The molecule has 0 aromatic heterocycles. The van der Waals surface area contributed by atoms with E-state index < -0.39 is 6.10 Å². The molecular formula is C15H23NO3. The summed E-state index contributed by atoms with van der Waals surface area (Å²) >= 11 is 0. The Morgan fingerprint density at radius 2 is 2.05 bits per heavy atom. The van der Waals surface area contributed by atoms with Gasteiger partial charge in [0, 0.05) is 6.04 Å². The minimum atomic E-state index is -0.591. The van der Waals surface area contributed by atoms with Crippen LogP contribution in [0.4, 0.5) is 0 Å². The van der Waals surface area contributed by atoms with Crippen molar-refractivity contribution in [1.82, 2.24) is 5.32 Å². The Bertz CT molecular complexity index is 431. The number of nitrogens with one attached hydrogen (secondary N) is 1. The number of hydrogen-bond acceptors (Lipinski definition) is 4. The van der Waals surface area contributed by atoms with Crippen molar-refractivity contribution >= 4 is 5.97 Å². The highest BCUT2D eigenvalue weighted by molar-refractivity contribution is 5.74. The van der Waals surface area contributed by atoms with Crippen LogP contribution in [0.3, 0.4) is 0 Å². The molecule has 0 aliphatic carbocycles. The number of benzene rings is 1. The van der Waals surface area contributed by atoms with Crippen molar-refractivity contribution in [3.8, 4) is 5.75 Å². The first-order valence-electron chi connectivity index (χ1n) is 6.60. The minimum absolute atomic E-state index is 0.287. The molecule has 0 amide bonds. The summed E-state index contributed by atoms with van der Waals surface area (Å²) < 4.78 is 10.6. The molecule has 1 aromatic rings. The highest BCUT2D eigenvalue weighted by Gasteiger charge is 2.17. The van der Waals surface area contributed by atoms with Gasteiger partial charge in [0.1, 0.15) is 5.75 Å². The van der Waals surface area contributed by atoms with E-state index in [1.807, 2.05) is 26.1 Å². The van der Waals surface area contributed by atoms with E-state index >= 15 is 0 Å². The van der Waals surface area contributed by atoms with Gasteiger partial charge in [-0.1, -0.05) is 12.1 Å². The van der Waals surface area contributed by atoms with Crippen molar-refractivity contribution in [3.05, 3.63) is 29.3 Å². The normalized spacial score (nSPS) is 13.7. The van der Waals surface area contributed by atoms with Crippen LogP contribution < -0.4 is 10.1 Å². The van der Waals surface area contributed by atoms with E-state index in [1.54, 1.807) is 13.8 Å². The lowest BCUT2D eigenvalue weighted by Gasteiger charge is -2.17. The molecule has 4 nitrogen and oxygen atoms in total. The lowest BCUT2D eigenvalue weighted by atomic mass is 10.1. The summed E-state index contributed by atoms with van der Waals surface area (Å²) in [5, 5.41) is 3.19. The van der Waals surface area contributed by atoms with Crippen LogP contribution in [0.1, 0.15) is 37.9 Å². The number of hydrogen-bond donors (Lipinski definition) is 1. The first-order valence-corrected chi connectivity index (χ1v) is 6.60. The lowest BCUT2D eigenvalue weighted by Crippen LogP contribution is -2.26. The monoisotopic (exact) mass is 265 g/mol. The zero-order valence-corrected chi connectivity index (χ0v) is 12.3. The van der Waals surface area contributed by atoms with E-state index in [2.05, 4.69) is 18.3 Å². The average molecular weight is 265 g/mol. The fourth-order valence-electron chi connectivity index (χ4n) is 1.74. The van der Waals surface area contributed by atoms with Gasteiger partial charge < -0.3 is 14.8 Å². The highest BCUT2D eigenvalue weighted by atomic mass is 16.6. The molecule has 0 heterocycles. The van der Waals surface area contributed by atoms with Gasteiger partial charge in [-0.3, -0.25) is 0 Å². The molecule has 0 saturated carbocycles. The van der Waals surface area contributed by atoms with E-state index in [0.29, 0.717) is 12.4 Å². The number of carbonyl (C=O) groups is 1. The number of ether oxygens (including phenoxy) is 2. The smallest absolute Gasteiger partial charge is 0.347 e. The zero-order valence-electron chi connectivity index (χ0n) is 12.3. The maximum absolute atomic E-state index is 11.5. The summed E-state index contributed by atoms with van der Waals surface area (Å²) in [5.74, 6) is 0.377. The Kier molecular flexibility index (Phi) is 5.83. The number of rotatable bonds is 6. The summed E-state index contributed by atoms with van der Waals surface area (Å²) in [7, 11) is 1.92. The standard InChI is InChI=1S/C15H23NO3/c1-6-18-15(17)12(4)19-14-8-7-13(9-10(14)2)11(3)16-5/h7-9,11-12,16H,6H2,1-5H3. The lowest BCUT2D eigenvalue weighted by molar-refractivity contribution is -0.150. The predicted molar refractivity (Wildman–Crippen MR) is 75.4 cm³/mol. The molecule has 0 fully saturated rings. The van der Waals surface area contributed by atoms with Crippen LogP contribution in [0.2, 0.25) is 0 Å². The van der Waals surface area contributed by atoms with Crippen molar-refractivity contribution in [2.45, 2.75) is 39.8 Å². The minimum Gasteiger partial charge on any atom is -0.479 e. The zero-order chi connectivity index (χ0) is 14.4. The van der Waals surface area contributed by atoms with Crippen LogP contribution in [0.25, 0.3) is 0 Å². The molecule has 2 atom stereocenters. The fourth-order valence-corrected chi connectivity index (χ4v) is 1.74. The Labute approximate surface area is 115 Å². The predicted octanol–water partition coefficient (Wildman–Crippen LogP) is 2.61. The van der Waals surface area contributed by atoms with E-state index in [0.717, 1.165) is 5.56 Å². The van der Waals surface area contributed by atoms with Gasteiger partial charge in [0.15, 0.2) is 6.10 Å². The third-order valence-corrected chi connectivity index (χ3v) is 3.05. The Morgan fingerprint density at radius 3 is 2.58 bits per heavy atom. The van der Waals surface area contributed by atoms with Crippen LogP contribution in [0.15, 0.2) is 18.2 Å². The quantitative estimate of drug-likeness (QED) is 0.803. The second kappa shape index (κ2) is 7.14. The van der Waals surface area contributed by atoms with Gasteiger partial charge in [-0.05, 0) is 51.9 Å². The third-order valence-electron chi connectivity index (χ3n) is 3.05. The van der Waals surface area contributed by atoms with Crippen LogP contribution in [0, 0.1) is 6.92 Å². The Morgan fingerprint density at radius 1 is 1.37 bits per heavy atom. The average Bonchev–Trinajstić information content (AvgIpc) is 2.40. The van der Waals surface area contributed by atoms with E-state index in [4.69, 9.17) is 9.47 Å². The summed E-state index contributed by atoms with van der Waals surface area (Å²) in [6.07, 6.45) is -0.591. The maximum atomic E-state index is 11.5. The van der Waals surface area contributed by atoms with Gasteiger partial charge >= 0.3 is 5.97 Å². The van der Waals surface area contributed by atoms with Crippen molar-refractivity contribution in [1.29, 1.82) is 0 Å². The van der Waals surface area contributed by atoms with Crippen molar-refractivity contribution < 1.29 is 14.3 Å². The van der Waals surface area contributed by atoms with E-state index in [1.165, 1.54) is 5.56 Å². The molecule has 1 N–H and O–H groups in total. The van der Waals surface area contributed by atoms with Gasteiger partial charge in [-0.2, -0.15) is 0 Å². The molecule has 0 bridgehead atoms. The second-order valence-corrected chi connectivity index (χ2v) is 4.55. The molecular weight excluding hydrogens is 242 g/mol. The Hall–Kier alpha value is -1.55. The molecule has 0 saturated heterocycles. The number of aryl methyl sites for hydroxylation is 1. The van der Waals surface area contributed by atoms with Gasteiger partial charge in [0.25, 0.3) is 0 Å². The van der Waals surface area contributed by atoms with E-state index in [-0.39, 0.29) is 12.0 Å². The largest absolute Gasteiger partial charge is 0.479 e. The van der Waals surface area contributed by atoms with E-state index in [9.17, 15) is 4.79 Å². The number of carbonyl (C=O) groups excluding carboxylic acids is 1. The summed E-state index contributed by atoms with van der Waals surface area (Å²) in [6, 6.07) is 6.25. The summed E-state index contributed by atoms with van der Waals surface area (Å²) in [6.45, 7) is 7.91. The summed E-state index contributed by atoms with van der Waals surface area (Å²) in [5.41, 5.74) is 2.20. The molecule has 0 spiro atoms. The van der Waals surface area contributed by atoms with Gasteiger partial charge in [0.2, 0.25) is 0 Å². The topological polar surface area (TPSA) is 47.6 Å². The van der Waals surface area contributed by atoms with Crippen LogP contribution in [-0.4, -0.2) is 25.7 Å². The molecule has 4 heteroatoms. The fraction of sp³-hybridized carbons (Fsp3) is 0.533. The number of esters is 1. The molecule has 0 aliphatic rings. The van der Waals surface area contributed by atoms with Crippen LogP contribution in [-0.2, 0) is 9.53 Å². The summed E-state index contributed by atoms with van der Waals surface area (Å²) in [4.78, 5) is 11.5. The van der Waals surface area contributed by atoms with Gasteiger partial charge in [-0.15, -0.1) is 0 Å². The Balaban J connectivity index is 2.77. The first-order chi connectivity index (χ1) is 8.99. The SMILES string of the molecule is CCOC(=O)C(C)Oc1ccc(C(C)NC)cc1C. The van der Waals surface area contributed by atoms with Crippen molar-refractivity contribution in [2.75, 3.05) is 13.7 Å². The van der Waals surface area contributed by atoms with Crippen LogP contribution in [0.5, 0.6) is 5.75 Å². The molecule has 0 aliphatic heterocycles. The second-order valence-electron chi connectivity index (χ2n) is 4.55. The highest BCUT2D eigenvalue weighted by Crippen LogP contribution is 2.23. The molecule has 1 aromatic carbocycles. The van der Waals surface area contributed by atoms with Crippen molar-refractivity contribution in [2.24, 2.45) is 0 Å². The van der Waals surface area contributed by atoms with Gasteiger partial charge in [0.05, 0.1) is 6.61 Å². The maximum Gasteiger partial charge on any atom is 0.347 e. The molecule has 2 unspecified atom stereocenters. The molecule has 106 valence electrons. The molecule has 1 rings (SSSR count).